The minimum atomic E-state index is 1.14. The average molecular weight is 244 g/mol. The second-order valence-corrected chi connectivity index (χ2v) is 5.16. The standard InChI is InChI=1S/C16H24N2/c1-2-3-4-5-6-7-8-9-14-10-11-16-15(12-14)13-17-18-16/h10-13H,2-9H2,1H3,(H,17,18). The number of fused-ring (bicyclic) bond motifs is 1. The van der Waals surface area contributed by atoms with Gasteiger partial charge in [0.25, 0.3) is 0 Å². The van der Waals surface area contributed by atoms with Crippen molar-refractivity contribution in [2.45, 2.75) is 58.3 Å². The van der Waals surface area contributed by atoms with Crippen LogP contribution in [0.1, 0.15) is 57.4 Å². The highest BCUT2D eigenvalue weighted by Crippen LogP contribution is 2.15. The maximum absolute atomic E-state index is 4.06. The van der Waals surface area contributed by atoms with Crippen molar-refractivity contribution in [3.8, 4) is 0 Å². The molecule has 2 nitrogen and oxygen atoms in total. The van der Waals surface area contributed by atoms with Gasteiger partial charge in [-0.1, -0.05) is 51.5 Å². The summed E-state index contributed by atoms with van der Waals surface area (Å²) in [5.74, 6) is 0. The Morgan fingerprint density at radius 1 is 1.00 bits per heavy atom. The minimum absolute atomic E-state index is 1.14. The molecule has 0 unspecified atom stereocenters. The van der Waals surface area contributed by atoms with Crippen molar-refractivity contribution in [1.82, 2.24) is 10.2 Å². The summed E-state index contributed by atoms with van der Waals surface area (Å²) >= 11 is 0. The van der Waals surface area contributed by atoms with Gasteiger partial charge in [-0.05, 0) is 30.5 Å². The highest BCUT2D eigenvalue weighted by molar-refractivity contribution is 5.78. The molecule has 1 aromatic carbocycles. The third-order valence-electron chi connectivity index (χ3n) is 3.57. The Labute approximate surface area is 110 Å². The summed E-state index contributed by atoms with van der Waals surface area (Å²) in [5.41, 5.74) is 2.58. The lowest BCUT2D eigenvalue weighted by atomic mass is 10.0. The molecular weight excluding hydrogens is 220 g/mol. The van der Waals surface area contributed by atoms with Crippen molar-refractivity contribution in [3.63, 3.8) is 0 Å². The fourth-order valence-electron chi connectivity index (χ4n) is 2.43. The van der Waals surface area contributed by atoms with E-state index < -0.39 is 0 Å². The van der Waals surface area contributed by atoms with Crippen LogP contribution in [0.4, 0.5) is 0 Å². The number of hydrogen-bond donors (Lipinski definition) is 1. The molecule has 0 fully saturated rings. The molecule has 0 saturated heterocycles. The summed E-state index contributed by atoms with van der Waals surface area (Å²) in [6, 6.07) is 6.62. The molecule has 98 valence electrons. The predicted octanol–water partition coefficient (Wildman–Crippen LogP) is 4.86. The SMILES string of the molecule is CCCCCCCCCc1ccc2[nH]ncc2c1. The van der Waals surface area contributed by atoms with E-state index in [0.29, 0.717) is 0 Å². The molecule has 0 atom stereocenters. The van der Waals surface area contributed by atoms with E-state index in [1.807, 2.05) is 6.20 Å². The molecule has 2 heteroatoms. The number of nitrogens with zero attached hydrogens (tertiary/aromatic N) is 1. The highest BCUT2D eigenvalue weighted by Gasteiger charge is 1.98. The number of aromatic nitrogens is 2. The maximum atomic E-state index is 4.06. The normalized spacial score (nSPS) is 11.2. The molecule has 1 N–H and O–H groups in total. The summed E-state index contributed by atoms with van der Waals surface area (Å²) in [4.78, 5) is 0. The first-order valence-corrected chi connectivity index (χ1v) is 7.32. The zero-order valence-electron chi connectivity index (χ0n) is 11.4. The molecule has 1 aromatic heterocycles. The first-order valence-electron chi connectivity index (χ1n) is 7.32. The second-order valence-electron chi connectivity index (χ2n) is 5.16. The predicted molar refractivity (Wildman–Crippen MR) is 77.8 cm³/mol. The van der Waals surface area contributed by atoms with Crippen LogP contribution >= 0.6 is 0 Å². The molecule has 0 saturated carbocycles. The monoisotopic (exact) mass is 244 g/mol. The van der Waals surface area contributed by atoms with E-state index in [9.17, 15) is 0 Å². The van der Waals surface area contributed by atoms with E-state index in [2.05, 4.69) is 35.3 Å². The topological polar surface area (TPSA) is 28.7 Å². The Hall–Kier alpha value is -1.31. The molecule has 0 aliphatic heterocycles. The molecular formula is C16H24N2. The van der Waals surface area contributed by atoms with Crippen molar-refractivity contribution in [3.05, 3.63) is 30.0 Å². The van der Waals surface area contributed by atoms with Crippen molar-refractivity contribution in [2.75, 3.05) is 0 Å². The van der Waals surface area contributed by atoms with Crippen LogP contribution in [0, 0.1) is 0 Å². The van der Waals surface area contributed by atoms with Gasteiger partial charge >= 0.3 is 0 Å². The molecule has 0 bridgehead atoms. The van der Waals surface area contributed by atoms with Crippen LogP contribution in [0.25, 0.3) is 10.9 Å². The van der Waals surface area contributed by atoms with Crippen molar-refractivity contribution in [1.29, 1.82) is 0 Å². The molecule has 1 heterocycles. The van der Waals surface area contributed by atoms with Crippen molar-refractivity contribution in [2.24, 2.45) is 0 Å². The largest absolute Gasteiger partial charge is 0.278 e. The Morgan fingerprint density at radius 2 is 1.78 bits per heavy atom. The third-order valence-corrected chi connectivity index (χ3v) is 3.57. The summed E-state index contributed by atoms with van der Waals surface area (Å²) in [7, 11) is 0. The van der Waals surface area contributed by atoms with E-state index in [1.54, 1.807) is 0 Å². The van der Waals surface area contributed by atoms with Crippen LogP contribution in [0.3, 0.4) is 0 Å². The maximum Gasteiger partial charge on any atom is 0.0650 e. The summed E-state index contributed by atoms with van der Waals surface area (Å²) in [6.07, 6.45) is 12.8. The lowest BCUT2D eigenvalue weighted by molar-refractivity contribution is 0.589. The lowest BCUT2D eigenvalue weighted by Crippen LogP contribution is -1.86. The van der Waals surface area contributed by atoms with Crippen molar-refractivity contribution < 1.29 is 0 Å². The summed E-state index contributed by atoms with van der Waals surface area (Å²) in [5, 5.41) is 8.28. The number of aromatic amines is 1. The first-order chi connectivity index (χ1) is 8.90. The Morgan fingerprint density at radius 3 is 2.61 bits per heavy atom. The van der Waals surface area contributed by atoms with Crippen LogP contribution < -0.4 is 0 Å². The molecule has 0 radical (unpaired) electrons. The molecule has 0 aliphatic rings. The number of benzene rings is 1. The second kappa shape index (κ2) is 7.20. The van der Waals surface area contributed by atoms with Gasteiger partial charge in [0, 0.05) is 5.39 Å². The van der Waals surface area contributed by atoms with Gasteiger partial charge in [0.15, 0.2) is 0 Å². The quantitative estimate of drug-likeness (QED) is 0.660. The third kappa shape index (κ3) is 3.86. The van der Waals surface area contributed by atoms with Gasteiger partial charge in [0.05, 0.1) is 11.7 Å². The molecule has 0 aliphatic carbocycles. The smallest absolute Gasteiger partial charge is 0.0650 e. The number of nitrogens with one attached hydrogen (secondary N) is 1. The van der Waals surface area contributed by atoms with Gasteiger partial charge in [-0.15, -0.1) is 0 Å². The lowest BCUT2D eigenvalue weighted by Gasteiger charge is -2.02. The summed E-state index contributed by atoms with van der Waals surface area (Å²) < 4.78 is 0. The summed E-state index contributed by atoms with van der Waals surface area (Å²) in [6.45, 7) is 2.27. The van der Waals surface area contributed by atoms with Crippen LogP contribution in [0.2, 0.25) is 0 Å². The van der Waals surface area contributed by atoms with Crippen molar-refractivity contribution >= 4 is 10.9 Å². The molecule has 0 spiro atoms. The number of aryl methyl sites for hydroxylation is 1. The Bertz CT molecular complexity index is 459. The van der Waals surface area contributed by atoms with Gasteiger partial charge in [-0.3, -0.25) is 5.10 Å². The van der Waals surface area contributed by atoms with E-state index >= 15 is 0 Å². The van der Waals surface area contributed by atoms with E-state index in [-0.39, 0.29) is 0 Å². The minimum Gasteiger partial charge on any atom is -0.278 e. The zero-order chi connectivity index (χ0) is 12.6. The highest BCUT2D eigenvalue weighted by atomic mass is 15.1. The van der Waals surface area contributed by atoms with Crippen LogP contribution in [-0.2, 0) is 6.42 Å². The molecule has 18 heavy (non-hydrogen) atoms. The zero-order valence-corrected chi connectivity index (χ0v) is 11.4. The van der Waals surface area contributed by atoms with Gasteiger partial charge in [0.2, 0.25) is 0 Å². The van der Waals surface area contributed by atoms with Crippen LogP contribution in [0.5, 0.6) is 0 Å². The van der Waals surface area contributed by atoms with Crippen LogP contribution in [0.15, 0.2) is 24.4 Å². The number of hydrogen-bond acceptors (Lipinski definition) is 1. The fourth-order valence-corrected chi connectivity index (χ4v) is 2.43. The number of rotatable bonds is 8. The first kappa shape index (κ1) is 13.1. The number of H-pyrrole nitrogens is 1. The fraction of sp³-hybridized carbons (Fsp3) is 0.562. The van der Waals surface area contributed by atoms with E-state index in [1.165, 1.54) is 62.3 Å². The van der Waals surface area contributed by atoms with Gasteiger partial charge < -0.3 is 0 Å². The molecule has 2 rings (SSSR count). The molecule has 0 amide bonds. The average Bonchev–Trinajstić information content (AvgIpc) is 2.85. The number of unbranched alkanes of at least 4 members (excludes halogenated alkanes) is 6. The van der Waals surface area contributed by atoms with Gasteiger partial charge in [-0.25, -0.2) is 0 Å². The molecule has 2 aromatic rings. The van der Waals surface area contributed by atoms with E-state index in [4.69, 9.17) is 0 Å². The Balaban J connectivity index is 1.67. The van der Waals surface area contributed by atoms with Gasteiger partial charge in [0.1, 0.15) is 0 Å². The van der Waals surface area contributed by atoms with Crippen LogP contribution in [-0.4, -0.2) is 10.2 Å². The van der Waals surface area contributed by atoms with E-state index in [0.717, 1.165) is 5.52 Å². The van der Waals surface area contributed by atoms with Gasteiger partial charge in [-0.2, -0.15) is 5.10 Å². The Kier molecular flexibility index (Phi) is 5.25.